The molecule has 0 radical (unpaired) electrons. The first-order valence-electron chi connectivity index (χ1n) is 8.66. The number of benzene rings is 2. The van der Waals surface area contributed by atoms with E-state index in [1.165, 1.54) is 23.3 Å². The van der Waals surface area contributed by atoms with Gasteiger partial charge in [0.15, 0.2) is 0 Å². The van der Waals surface area contributed by atoms with E-state index in [0.29, 0.717) is 6.61 Å². The van der Waals surface area contributed by atoms with Gasteiger partial charge >= 0.3 is 5.97 Å². The van der Waals surface area contributed by atoms with E-state index in [1.54, 1.807) is 6.08 Å². The van der Waals surface area contributed by atoms with Crippen molar-refractivity contribution in [1.82, 2.24) is 0 Å². The molecule has 0 spiro atoms. The minimum atomic E-state index is -0.246. The summed E-state index contributed by atoms with van der Waals surface area (Å²) in [5.74, 6) is -0.246. The molecule has 0 unspecified atom stereocenters. The average molecular weight is 358 g/mol. The second-order valence-electron chi connectivity index (χ2n) is 6.14. The lowest BCUT2D eigenvalue weighted by atomic mass is 10.1. The Morgan fingerprint density at radius 1 is 0.960 bits per heavy atom. The van der Waals surface area contributed by atoms with Crippen LogP contribution in [0.2, 0.25) is 0 Å². The first kappa shape index (κ1) is 19.2. The maximum Gasteiger partial charge on any atom is 0.336 e. The zero-order valence-electron chi connectivity index (χ0n) is 14.3. The highest BCUT2D eigenvalue weighted by atomic mass is 35.5. The first-order chi connectivity index (χ1) is 11.8. The van der Waals surface area contributed by atoms with Crippen molar-refractivity contribution >= 4 is 11.7 Å². The predicted octanol–water partition coefficient (Wildman–Crippen LogP) is -0.504. The number of esters is 1. The Morgan fingerprint density at radius 2 is 1.56 bits per heavy atom. The highest BCUT2D eigenvalue weighted by Gasteiger charge is 2.23. The van der Waals surface area contributed by atoms with Gasteiger partial charge in [0.25, 0.3) is 0 Å². The minimum absolute atomic E-state index is 0. The molecule has 2 aromatic rings. The fraction of sp³-hybridized carbons (Fsp3) is 0.286. The Morgan fingerprint density at radius 3 is 2.20 bits per heavy atom. The van der Waals surface area contributed by atoms with E-state index in [2.05, 4.69) is 12.1 Å². The Kier molecular flexibility index (Phi) is 7.71. The number of halogens is 1. The number of nitrogens with one attached hydrogen (secondary N) is 1. The van der Waals surface area contributed by atoms with Crippen LogP contribution in [-0.2, 0) is 16.0 Å². The van der Waals surface area contributed by atoms with Gasteiger partial charge in [0, 0.05) is 24.8 Å². The number of carbonyl (C=O) groups excluding carboxylic acids is 1. The second kappa shape index (κ2) is 10.0. The third-order valence-corrected chi connectivity index (χ3v) is 4.41. The maximum atomic E-state index is 12.3. The van der Waals surface area contributed by atoms with Crippen LogP contribution in [0, 0.1) is 0 Å². The third-order valence-electron chi connectivity index (χ3n) is 4.41. The molecule has 3 nitrogen and oxygen atoms in total. The van der Waals surface area contributed by atoms with E-state index >= 15 is 0 Å². The molecule has 1 N–H and O–H groups in total. The van der Waals surface area contributed by atoms with E-state index < -0.39 is 0 Å². The van der Waals surface area contributed by atoms with E-state index in [0.717, 1.165) is 30.8 Å². The van der Waals surface area contributed by atoms with Crippen molar-refractivity contribution in [2.24, 2.45) is 0 Å². The monoisotopic (exact) mass is 357 g/mol. The fourth-order valence-electron chi connectivity index (χ4n) is 3.15. The fourth-order valence-corrected chi connectivity index (χ4v) is 3.15. The molecule has 1 aliphatic rings. The molecule has 1 aliphatic heterocycles. The van der Waals surface area contributed by atoms with Gasteiger partial charge in [-0.25, -0.2) is 4.79 Å². The Bertz CT molecular complexity index is 680. The summed E-state index contributed by atoms with van der Waals surface area (Å²) >= 11 is 0. The van der Waals surface area contributed by atoms with Gasteiger partial charge < -0.3 is 22.0 Å². The summed E-state index contributed by atoms with van der Waals surface area (Å²) in [6, 6.07) is 20.2. The second-order valence-corrected chi connectivity index (χ2v) is 6.14. The molecule has 1 fully saturated rings. The molecular formula is C21H24ClNO2. The molecule has 4 heteroatoms. The van der Waals surface area contributed by atoms with Crippen LogP contribution in [0.5, 0.6) is 0 Å². The molecule has 0 saturated carbocycles. The molecule has 2 aromatic carbocycles. The highest BCUT2D eigenvalue weighted by molar-refractivity contribution is 5.89. The molecule has 0 bridgehead atoms. The van der Waals surface area contributed by atoms with Crippen LogP contribution in [0.25, 0.3) is 5.70 Å². The average Bonchev–Trinajstić information content (AvgIpc) is 3.16. The smallest absolute Gasteiger partial charge is 0.336 e. The van der Waals surface area contributed by atoms with Crippen LogP contribution in [0.3, 0.4) is 0 Å². The lowest BCUT2D eigenvalue weighted by Gasteiger charge is -2.15. The van der Waals surface area contributed by atoms with Crippen LogP contribution in [0.15, 0.2) is 66.7 Å². The molecule has 0 aromatic heterocycles. The first-order valence-corrected chi connectivity index (χ1v) is 8.66. The summed E-state index contributed by atoms with van der Waals surface area (Å²) in [5, 5.41) is 0. The summed E-state index contributed by atoms with van der Waals surface area (Å²) in [6.45, 7) is 2.58. The molecule has 1 saturated heterocycles. The maximum absolute atomic E-state index is 12.3. The largest absolute Gasteiger partial charge is 1.00 e. The Hall–Kier alpha value is -2.10. The zero-order valence-corrected chi connectivity index (χ0v) is 15.0. The summed E-state index contributed by atoms with van der Waals surface area (Å²) in [7, 11) is 0. The number of carbonyl (C=O) groups is 1. The van der Waals surface area contributed by atoms with Gasteiger partial charge in [0.05, 0.1) is 25.8 Å². The van der Waals surface area contributed by atoms with Gasteiger partial charge in [0.2, 0.25) is 0 Å². The molecule has 3 rings (SSSR count). The Labute approximate surface area is 155 Å². The van der Waals surface area contributed by atoms with Crippen molar-refractivity contribution in [2.45, 2.75) is 19.3 Å². The Balaban J connectivity index is 0.00000225. The lowest BCUT2D eigenvalue weighted by molar-refractivity contribution is -0.810. The standard InChI is InChI=1S/C21H23NO2.ClH/c23-21(24-16-13-18-9-3-1-4-10-18)17-20(22-14-7-8-15-22)19-11-5-2-6-12-19;/h1-6,9-12,17H,7-8,13-16H2;1H/b20-17-;. The molecule has 0 amide bonds. The molecular weight excluding hydrogens is 334 g/mol. The van der Waals surface area contributed by atoms with Crippen LogP contribution in [0.1, 0.15) is 24.0 Å². The van der Waals surface area contributed by atoms with Crippen molar-refractivity contribution in [1.29, 1.82) is 0 Å². The molecule has 132 valence electrons. The predicted molar refractivity (Wildman–Crippen MR) is 95.5 cm³/mol. The molecule has 1 heterocycles. The van der Waals surface area contributed by atoms with Crippen molar-refractivity contribution in [3.8, 4) is 0 Å². The van der Waals surface area contributed by atoms with Crippen LogP contribution in [-0.4, -0.2) is 25.7 Å². The van der Waals surface area contributed by atoms with E-state index in [-0.39, 0.29) is 18.4 Å². The molecule has 0 aliphatic carbocycles. The summed E-state index contributed by atoms with van der Waals surface area (Å²) in [5.41, 5.74) is 3.34. The number of hydrogen-bond donors (Lipinski definition) is 1. The topological polar surface area (TPSA) is 30.7 Å². The van der Waals surface area contributed by atoms with Crippen molar-refractivity contribution in [3.63, 3.8) is 0 Å². The van der Waals surface area contributed by atoms with E-state index in [1.807, 2.05) is 48.5 Å². The highest BCUT2D eigenvalue weighted by Crippen LogP contribution is 2.10. The van der Waals surface area contributed by atoms with Crippen molar-refractivity contribution < 1.29 is 26.8 Å². The van der Waals surface area contributed by atoms with Gasteiger partial charge in [-0.15, -0.1) is 0 Å². The van der Waals surface area contributed by atoms with Gasteiger partial charge in [-0.2, -0.15) is 0 Å². The summed E-state index contributed by atoms with van der Waals surface area (Å²) < 4.78 is 5.43. The van der Waals surface area contributed by atoms with Gasteiger partial charge in [0.1, 0.15) is 5.70 Å². The molecule has 25 heavy (non-hydrogen) atoms. The number of hydrogen-bond acceptors (Lipinski definition) is 2. The summed E-state index contributed by atoms with van der Waals surface area (Å²) in [4.78, 5) is 13.6. The number of rotatable bonds is 6. The number of quaternary nitrogens is 1. The SMILES string of the molecule is O=C(/C=C(/c1ccccc1)[NH+]1CCCC1)OCCc1ccccc1.[Cl-]. The van der Waals surface area contributed by atoms with Crippen LogP contribution >= 0.6 is 0 Å². The van der Waals surface area contributed by atoms with Crippen molar-refractivity contribution in [3.05, 3.63) is 77.9 Å². The number of likely N-dealkylation sites (tertiary alicyclic amines) is 1. The van der Waals surface area contributed by atoms with Crippen LogP contribution < -0.4 is 17.3 Å². The van der Waals surface area contributed by atoms with Gasteiger partial charge in [-0.1, -0.05) is 48.5 Å². The third kappa shape index (κ3) is 5.73. The van der Waals surface area contributed by atoms with Crippen molar-refractivity contribution in [2.75, 3.05) is 19.7 Å². The van der Waals surface area contributed by atoms with Gasteiger partial charge in [-0.3, -0.25) is 0 Å². The van der Waals surface area contributed by atoms with Crippen LogP contribution in [0.4, 0.5) is 0 Å². The lowest BCUT2D eigenvalue weighted by Crippen LogP contribution is -3.07. The van der Waals surface area contributed by atoms with Gasteiger partial charge in [-0.05, 0) is 17.7 Å². The quantitative estimate of drug-likeness (QED) is 0.558. The normalized spacial score (nSPS) is 14.8. The van der Waals surface area contributed by atoms with E-state index in [4.69, 9.17) is 4.74 Å². The van der Waals surface area contributed by atoms with E-state index in [9.17, 15) is 4.79 Å². The molecule has 0 atom stereocenters. The zero-order chi connectivity index (χ0) is 16.6. The summed E-state index contributed by atoms with van der Waals surface area (Å²) in [6.07, 6.45) is 4.85. The minimum Gasteiger partial charge on any atom is -1.00 e. The number of ether oxygens (including phenoxy) is 1.